The average Bonchev–Trinajstić information content (AvgIpc) is 2.81. The van der Waals surface area contributed by atoms with E-state index < -0.39 is 0 Å². The lowest BCUT2D eigenvalue weighted by molar-refractivity contribution is 0.138. The molecule has 0 radical (unpaired) electrons. The molecule has 1 aromatic rings. The number of aliphatic hydroxyl groups is 1. The van der Waals surface area contributed by atoms with Gasteiger partial charge in [-0.3, -0.25) is 0 Å². The van der Waals surface area contributed by atoms with E-state index in [1.165, 1.54) is 0 Å². The number of nitrogens with zero attached hydrogens (tertiary/aromatic N) is 2. The van der Waals surface area contributed by atoms with Gasteiger partial charge in [0.15, 0.2) is 0 Å². The molecule has 0 saturated heterocycles. The first-order valence-corrected chi connectivity index (χ1v) is 6.87. The highest BCUT2D eigenvalue weighted by molar-refractivity contribution is 5.47. The predicted molar refractivity (Wildman–Crippen MR) is 75.8 cm³/mol. The number of rotatable bonds is 5. The summed E-state index contributed by atoms with van der Waals surface area (Å²) in [6, 6.07) is 1.78. The van der Waals surface area contributed by atoms with E-state index in [1.807, 2.05) is 13.8 Å². The van der Waals surface area contributed by atoms with Crippen molar-refractivity contribution >= 4 is 11.6 Å². The Hall–Kier alpha value is -1.40. The van der Waals surface area contributed by atoms with Crippen LogP contribution in [-0.2, 0) is 0 Å². The van der Waals surface area contributed by atoms with Gasteiger partial charge >= 0.3 is 0 Å². The lowest BCUT2D eigenvalue weighted by Gasteiger charge is -2.16. The third-order valence-electron chi connectivity index (χ3n) is 3.57. The van der Waals surface area contributed by atoms with Crippen LogP contribution in [0.25, 0.3) is 0 Å². The zero-order valence-corrected chi connectivity index (χ0v) is 11.6. The molecule has 0 spiro atoms. The molecule has 19 heavy (non-hydrogen) atoms. The summed E-state index contributed by atoms with van der Waals surface area (Å²) in [5.41, 5.74) is 2.56. The summed E-state index contributed by atoms with van der Waals surface area (Å²) < 4.78 is 0. The van der Waals surface area contributed by atoms with Crippen LogP contribution in [0.2, 0.25) is 0 Å². The fourth-order valence-corrected chi connectivity index (χ4v) is 2.38. The molecule has 6 nitrogen and oxygen atoms in total. The van der Waals surface area contributed by atoms with E-state index >= 15 is 0 Å². The van der Waals surface area contributed by atoms with E-state index in [2.05, 4.69) is 20.7 Å². The van der Waals surface area contributed by atoms with Crippen molar-refractivity contribution < 1.29 is 5.11 Å². The van der Waals surface area contributed by atoms with Gasteiger partial charge in [-0.1, -0.05) is 20.3 Å². The summed E-state index contributed by atoms with van der Waals surface area (Å²) >= 11 is 0. The van der Waals surface area contributed by atoms with Crippen LogP contribution in [0.15, 0.2) is 6.07 Å². The molecule has 5 N–H and O–H groups in total. The zero-order valence-electron chi connectivity index (χ0n) is 11.6. The Morgan fingerprint density at radius 2 is 2.11 bits per heavy atom. The van der Waals surface area contributed by atoms with Crippen molar-refractivity contribution in [3.05, 3.63) is 11.9 Å². The third kappa shape index (κ3) is 3.54. The van der Waals surface area contributed by atoms with Gasteiger partial charge in [0.1, 0.15) is 17.5 Å². The second kappa shape index (κ2) is 6.16. The van der Waals surface area contributed by atoms with Gasteiger partial charge in [0.2, 0.25) is 0 Å². The number of hydrazine groups is 1. The second-order valence-corrected chi connectivity index (χ2v) is 5.43. The molecule has 0 bridgehead atoms. The van der Waals surface area contributed by atoms with Gasteiger partial charge in [0.05, 0.1) is 6.10 Å². The Labute approximate surface area is 113 Å². The number of nitrogens with two attached hydrogens (primary N) is 1. The minimum absolute atomic E-state index is 0.189. The fourth-order valence-electron chi connectivity index (χ4n) is 2.38. The topological polar surface area (TPSA) is 96.1 Å². The Kier molecular flexibility index (Phi) is 4.55. The molecule has 1 aliphatic carbocycles. The summed E-state index contributed by atoms with van der Waals surface area (Å²) in [6.45, 7) is 4.82. The van der Waals surface area contributed by atoms with Crippen LogP contribution in [0.3, 0.4) is 0 Å². The Bertz CT molecular complexity index is 423. The molecule has 0 amide bonds. The van der Waals surface area contributed by atoms with Crippen molar-refractivity contribution in [3.63, 3.8) is 0 Å². The normalized spacial score (nSPS) is 22.8. The zero-order chi connectivity index (χ0) is 13.8. The highest BCUT2D eigenvalue weighted by atomic mass is 16.3. The summed E-state index contributed by atoms with van der Waals surface area (Å²) in [6.07, 6.45) is 2.89. The number of nitrogen functional groups attached to an aromatic ring is 1. The standard InChI is InChI=1S/C13H23N5O/c1-8(2)13-16-11(6-12(17-13)18-14)15-7-9-4-3-5-10(9)19/h6,8-10,19H,3-5,7,14H2,1-2H3,(H2,15,16,17,18). The molecule has 1 fully saturated rings. The van der Waals surface area contributed by atoms with Crippen LogP contribution in [0, 0.1) is 5.92 Å². The number of nitrogens with one attached hydrogen (secondary N) is 2. The van der Waals surface area contributed by atoms with Gasteiger partial charge in [0.25, 0.3) is 0 Å². The van der Waals surface area contributed by atoms with Crippen molar-refractivity contribution in [2.45, 2.75) is 45.1 Å². The first-order chi connectivity index (χ1) is 9.10. The van der Waals surface area contributed by atoms with Gasteiger partial charge in [-0.15, -0.1) is 0 Å². The maximum Gasteiger partial charge on any atom is 0.145 e. The van der Waals surface area contributed by atoms with Crippen LogP contribution in [0.5, 0.6) is 0 Å². The van der Waals surface area contributed by atoms with Crippen molar-refractivity contribution in [1.82, 2.24) is 9.97 Å². The Morgan fingerprint density at radius 1 is 1.37 bits per heavy atom. The second-order valence-electron chi connectivity index (χ2n) is 5.43. The van der Waals surface area contributed by atoms with E-state index in [9.17, 15) is 5.11 Å². The van der Waals surface area contributed by atoms with Gasteiger partial charge < -0.3 is 15.8 Å². The van der Waals surface area contributed by atoms with Crippen molar-refractivity contribution in [1.29, 1.82) is 0 Å². The number of anilines is 2. The first-order valence-electron chi connectivity index (χ1n) is 6.87. The summed E-state index contributed by atoms with van der Waals surface area (Å²) in [5, 5.41) is 13.1. The molecule has 2 atom stereocenters. The van der Waals surface area contributed by atoms with Crippen LogP contribution < -0.4 is 16.6 Å². The molecule has 2 rings (SSSR count). The highest BCUT2D eigenvalue weighted by Gasteiger charge is 2.24. The molecule has 0 aromatic carbocycles. The van der Waals surface area contributed by atoms with E-state index in [0.717, 1.165) is 37.4 Å². The lowest BCUT2D eigenvalue weighted by atomic mass is 10.1. The Morgan fingerprint density at radius 3 is 2.68 bits per heavy atom. The minimum Gasteiger partial charge on any atom is -0.393 e. The van der Waals surface area contributed by atoms with Gasteiger partial charge in [-0.2, -0.15) is 0 Å². The van der Waals surface area contributed by atoms with E-state index in [4.69, 9.17) is 5.84 Å². The number of hydrogen-bond acceptors (Lipinski definition) is 6. The average molecular weight is 265 g/mol. The largest absolute Gasteiger partial charge is 0.393 e. The molecular formula is C13H23N5O. The quantitative estimate of drug-likeness (QED) is 0.475. The highest BCUT2D eigenvalue weighted by Crippen LogP contribution is 2.26. The molecule has 0 aliphatic heterocycles. The van der Waals surface area contributed by atoms with Crippen LogP contribution in [-0.4, -0.2) is 27.7 Å². The smallest absolute Gasteiger partial charge is 0.145 e. The summed E-state index contributed by atoms with van der Waals surface area (Å²) in [7, 11) is 0. The van der Waals surface area contributed by atoms with Gasteiger partial charge in [-0.05, 0) is 12.8 Å². The Balaban J connectivity index is 2.04. The molecule has 6 heteroatoms. The SMILES string of the molecule is CC(C)c1nc(NN)cc(NCC2CCCC2O)n1. The van der Waals surface area contributed by atoms with Crippen molar-refractivity contribution in [2.75, 3.05) is 17.3 Å². The molecular weight excluding hydrogens is 242 g/mol. The minimum atomic E-state index is -0.189. The molecule has 1 aromatic heterocycles. The number of aromatic nitrogens is 2. The van der Waals surface area contributed by atoms with Crippen LogP contribution in [0.4, 0.5) is 11.6 Å². The number of aliphatic hydroxyl groups excluding tert-OH is 1. The molecule has 2 unspecified atom stereocenters. The van der Waals surface area contributed by atoms with Gasteiger partial charge in [-0.25, -0.2) is 15.8 Å². The van der Waals surface area contributed by atoms with E-state index in [0.29, 0.717) is 11.7 Å². The van der Waals surface area contributed by atoms with Crippen molar-refractivity contribution in [2.24, 2.45) is 11.8 Å². The first kappa shape index (κ1) is 14.0. The van der Waals surface area contributed by atoms with Crippen LogP contribution >= 0.6 is 0 Å². The maximum atomic E-state index is 9.81. The van der Waals surface area contributed by atoms with Gasteiger partial charge in [0, 0.05) is 24.4 Å². The lowest BCUT2D eigenvalue weighted by Crippen LogP contribution is -2.22. The predicted octanol–water partition coefficient (Wildman–Crippen LogP) is 1.46. The molecule has 1 heterocycles. The maximum absolute atomic E-state index is 9.81. The molecule has 106 valence electrons. The molecule has 1 aliphatic rings. The third-order valence-corrected chi connectivity index (χ3v) is 3.57. The number of hydrogen-bond donors (Lipinski definition) is 4. The molecule has 1 saturated carbocycles. The monoisotopic (exact) mass is 265 g/mol. The van der Waals surface area contributed by atoms with E-state index in [1.54, 1.807) is 6.07 Å². The summed E-state index contributed by atoms with van der Waals surface area (Å²) in [5.74, 6) is 8.09. The van der Waals surface area contributed by atoms with E-state index in [-0.39, 0.29) is 12.0 Å². The van der Waals surface area contributed by atoms with Crippen LogP contribution in [0.1, 0.15) is 44.9 Å². The fraction of sp³-hybridized carbons (Fsp3) is 0.692. The summed E-state index contributed by atoms with van der Waals surface area (Å²) in [4.78, 5) is 8.78. The van der Waals surface area contributed by atoms with Crippen molar-refractivity contribution in [3.8, 4) is 0 Å².